The number of nitrogens with zero attached hydrogens (tertiary/aromatic N) is 2. The number of rotatable bonds is 6. The molecule has 0 atom stereocenters. The van der Waals surface area contributed by atoms with E-state index in [-0.39, 0.29) is 11.8 Å². The number of carbonyl (C=O) groups excluding carboxylic acids is 2. The van der Waals surface area contributed by atoms with Crippen LogP contribution in [-0.2, 0) is 5.75 Å². The number of hydrogen-bond acceptors (Lipinski definition) is 4. The summed E-state index contributed by atoms with van der Waals surface area (Å²) < 4.78 is 0. The Labute approximate surface area is 192 Å². The summed E-state index contributed by atoms with van der Waals surface area (Å²) in [6.07, 6.45) is 5.50. The van der Waals surface area contributed by atoms with Gasteiger partial charge in [0, 0.05) is 35.8 Å². The third-order valence-electron chi connectivity index (χ3n) is 6.05. The van der Waals surface area contributed by atoms with Gasteiger partial charge in [0.15, 0.2) is 0 Å². The van der Waals surface area contributed by atoms with Crippen LogP contribution in [-0.4, -0.2) is 40.8 Å². The fourth-order valence-electron chi connectivity index (χ4n) is 4.13. The van der Waals surface area contributed by atoms with Crippen LogP contribution in [0, 0.1) is 0 Å². The number of nitrogens with one attached hydrogen (secondary N) is 1. The lowest BCUT2D eigenvalue weighted by Crippen LogP contribution is -2.35. The van der Waals surface area contributed by atoms with Crippen molar-refractivity contribution in [2.45, 2.75) is 48.9 Å². The van der Waals surface area contributed by atoms with E-state index in [4.69, 9.17) is 4.98 Å². The molecule has 2 aliphatic rings. The molecule has 0 bridgehead atoms. The fraction of sp³-hybridized carbons (Fsp3) is 0.346. The Hall–Kier alpha value is -2.86. The van der Waals surface area contributed by atoms with E-state index >= 15 is 0 Å². The highest BCUT2D eigenvalue weighted by atomic mass is 32.2. The van der Waals surface area contributed by atoms with Crippen molar-refractivity contribution in [1.82, 2.24) is 15.2 Å². The van der Waals surface area contributed by atoms with Crippen molar-refractivity contribution in [2.24, 2.45) is 0 Å². The molecule has 2 aromatic carbocycles. The number of aromatic nitrogens is 1. The summed E-state index contributed by atoms with van der Waals surface area (Å²) in [6.45, 7) is 1.70. The molecule has 1 saturated heterocycles. The number of benzene rings is 2. The number of carbonyl (C=O) groups is 2. The predicted molar refractivity (Wildman–Crippen MR) is 128 cm³/mol. The molecule has 2 amide bonds. The van der Waals surface area contributed by atoms with Crippen LogP contribution in [0.1, 0.15) is 58.4 Å². The average Bonchev–Trinajstić information content (AvgIpc) is 3.66. The molecule has 2 heterocycles. The first-order valence-electron chi connectivity index (χ1n) is 11.4. The molecule has 5 nitrogen and oxygen atoms in total. The van der Waals surface area contributed by atoms with E-state index in [9.17, 15) is 9.59 Å². The monoisotopic (exact) mass is 445 g/mol. The van der Waals surface area contributed by atoms with Gasteiger partial charge in [-0.25, -0.2) is 4.98 Å². The van der Waals surface area contributed by atoms with Crippen LogP contribution in [0.3, 0.4) is 0 Å². The minimum absolute atomic E-state index is 0.0259. The smallest absolute Gasteiger partial charge is 0.253 e. The van der Waals surface area contributed by atoms with E-state index < -0.39 is 0 Å². The highest BCUT2D eigenvalue weighted by molar-refractivity contribution is 7.98. The molecule has 32 heavy (non-hydrogen) atoms. The number of thioether (sulfide) groups is 1. The van der Waals surface area contributed by atoms with Gasteiger partial charge < -0.3 is 10.2 Å². The van der Waals surface area contributed by atoms with Crippen molar-refractivity contribution in [3.05, 3.63) is 71.3 Å². The summed E-state index contributed by atoms with van der Waals surface area (Å²) in [5, 5.41) is 4.79. The largest absolute Gasteiger partial charge is 0.349 e. The maximum absolute atomic E-state index is 12.8. The standard InChI is InChI=1S/C26H27N3O2S/c30-25(27-20-11-12-20)22-16-24(28-23-10-3-2-9-21(22)23)32-17-18-7-6-8-19(15-18)26(31)29-13-4-1-5-14-29/h2-3,6-10,15-16,20H,1,4-5,11-14,17H2,(H,27,30). The van der Waals surface area contributed by atoms with Crippen molar-refractivity contribution in [3.63, 3.8) is 0 Å². The van der Waals surface area contributed by atoms with E-state index in [0.29, 0.717) is 17.4 Å². The molecule has 1 saturated carbocycles. The SMILES string of the molecule is O=C(NC1CC1)c1cc(SCc2cccc(C(=O)N3CCCCC3)c2)nc2ccccc12. The molecule has 6 heteroatoms. The van der Waals surface area contributed by atoms with Crippen molar-refractivity contribution in [1.29, 1.82) is 0 Å². The van der Waals surface area contributed by atoms with Crippen molar-refractivity contribution < 1.29 is 9.59 Å². The first-order chi connectivity index (χ1) is 15.7. The van der Waals surface area contributed by atoms with Gasteiger partial charge in [-0.15, -0.1) is 11.8 Å². The minimum Gasteiger partial charge on any atom is -0.349 e. The van der Waals surface area contributed by atoms with Crippen molar-refractivity contribution in [3.8, 4) is 0 Å². The number of amides is 2. The number of likely N-dealkylation sites (tertiary alicyclic amines) is 1. The van der Waals surface area contributed by atoms with E-state index in [1.54, 1.807) is 11.8 Å². The summed E-state index contributed by atoms with van der Waals surface area (Å²) in [4.78, 5) is 32.4. The lowest BCUT2D eigenvalue weighted by molar-refractivity contribution is 0.0724. The predicted octanol–water partition coefficient (Wildman–Crippen LogP) is 5.05. The topological polar surface area (TPSA) is 62.3 Å². The van der Waals surface area contributed by atoms with Gasteiger partial charge in [-0.1, -0.05) is 30.3 Å². The number of piperidine rings is 1. The molecule has 1 aliphatic carbocycles. The van der Waals surface area contributed by atoms with Gasteiger partial charge in [0.1, 0.15) is 0 Å². The van der Waals surface area contributed by atoms with Crippen molar-refractivity contribution in [2.75, 3.05) is 13.1 Å². The van der Waals surface area contributed by atoms with Gasteiger partial charge in [-0.3, -0.25) is 9.59 Å². The number of fused-ring (bicyclic) bond motifs is 1. The Morgan fingerprint density at radius 2 is 1.81 bits per heavy atom. The van der Waals surface area contributed by atoms with Crippen LogP contribution < -0.4 is 5.32 Å². The van der Waals surface area contributed by atoms with E-state index in [2.05, 4.69) is 5.32 Å². The molecule has 0 spiro atoms. The molecule has 2 fully saturated rings. The maximum atomic E-state index is 12.8. The third-order valence-corrected chi connectivity index (χ3v) is 7.04. The van der Waals surface area contributed by atoms with Crippen LogP contribution >= 0.6 is 11.8 Å². The Morgan fingerprint density at radius 3 is 2.62 bits per heavy atom. The van der Waals surface area contributed by atoms with Gasteiger partial charge in [-0.05, 0) is 61.9 Å². The zero-order chi connectivity index (χ0) is 21.9. The van der Waals surface area contributed by atoms with E-state index in [0.717, 1.165) is 65.8 Å². The Kier molecular flexibility index (Phi) is 6.12. The summed E-state index contributed by atoms with van der Waals surface area (Å²) in [5.41, 5.74) is 3.34. The van der Waals surface area contributed by atoms with Crippen LogP contribution in [0.5, 0.6) is 0 Å². The first kappa shape index (κ1) is 21.0. The highest BCUT2D eigenvalue weighted by Gasteiger charge is 2.25. The lowest BCUT2D eigenvalue weighted by Gasteiger charge is -2.26. The Morgan fingerprint density at radius 1 is 1.00 bits per heavy atom. The minimum atomic E-state index is -0.0259. The Bertz CT molecular complexity index is 1150. The third kappa shape index (κ3) is 4.80. The van der Waals surface area contributed by atoms with E-state index in [1.807, 2.05) is 59.5 Å². The molecule has 3 aromatic rings. The highest BCUT2D eigenvalue weighted by Crippen LogP contribution is 2.28. The second-order valence-corrected chi connectivity index (χ2v) is 9.61. The summed E-state index contributed by atoms with van der Waals surface area (Å²) in [5.74, 6) is 0.789. The van der Waals surface area contributed by atoms with Gasteiger partial charge in [0.05, 0.1) is 16.1 Å². The Balaban J connectivity index is 1.34. The summed E-state index contributed by atoms with van der Waals surface area (Å²) in [7, 11) is 0. The van der Waals surface area contributed by atoms with Crippen LogP contribution in [0.2, 0.25) is 0 Å². The van der Waals surface area contributed by atoms with Gasteiger partial charge in [0.25, 0.3) is 11.8 Å². The normalized spacial score (nSPS) is 16.2. The van der Waals surface area contributed by atoms with Crippen molar-refractivity contribution >= 4 is 34.5 Å². The molecule has 0 radical (unpaired) electrons. The molecule has 1 aromatic heterocycles. The average molecular weight is 446 g/mol. The van der Waals surface area contributed by atoms with Gasteiger partial charge in [-0.2, -0.15) is 0 Å². The van der Waals surface area contributed by atoms with E-state index in [1.165, 1.54) is 6.42 Å². The molecule has 1 aliphatic heterocycles. The van der Waals surface area contributed by atoms with Crippen LogP contribution in [0.15, 0.2) is 59.6 Å². The first-order valence-corrected chi connectivity index (χ1v) is 12.4. The molecule has 0 unspecified atom stereocenters. The zero-order valence-electron chi connectivity index (χ0n) is 18.0. The maximum Gasteiger partial charge on any atom is 0.253 e. The lowest BCUT2D eigenvalue weighted by atomic mass is 10.1. The summed E-state index contributed by atoms with van der Waals surface area (Å²) in [6, 6.07) is 17.9. The van der Waals surface area contributed by atoms with Crippen LogP contribution in [0.4, 0.5) is 0 Å². The second kappa shape index (κ2) is 9.33. The summed E-state index contributed by atoms with van der Waals surface area (Å²) >= 11 is 1.59. The number of pyridine rings is 1. The van der Waals surface area contributed by atoms with Crippen LogP contribution in [0.25, 0.3) is 10.9 Å². The second-order valence-electron chi connectivity index (χ2n) is 8.61. The molecular weight excluding hydrogens is 418 g/mol. The van der Waals surface area contributed by atoms with Gasteiger partial charge >= 0.3 is 0 Å². The fourth-order valence-corrected chi connectivity index (χ4v) is 4.99. The molecule has 5 rings (SSSR count). The number of hydrogen-bond donors (Lipinski definition) is 1. The quantitative estimate of drug-likeness (QED) is 0.540. The number of para-hydroxylation sites is 1. The molecule has 1 N–H and O–H groups in total. The van der Waals surface area contributed by atoms with Gasteiger partial charge in [0.2, 0.25) is 0 Å². The molecule has 164 valence electrons. The zero-order valence-corrected chi connectivity index (χ0v) is 18.9. The molecular formula is C26H27N3O2S.